The van der Waals surface area contributed by atoms with Gasteiger partial charge in [0, 0.05) is 14.2 Å². The van der Waals surface area contributed by atoms with Crippen molar-refractivity contribution in [3.8, 4) is 0 Å². The highest BCUT2D eigenvalue weighted by Crippen LogP contribution is 2.13. The molecule has 0 aromatic carbocycles. The fraction of sp³-hybridized carbons (Fsp3) is 0.800. The summed E-state index contributed by atoms with van der Waals surface area (Å²) in [4.78, 5) is 0. The van der Waals surface area contributed by atoms with Crippen LogP contribution in [0.15, 0.2) is 24.8 Å². The maximum Gasteiger partial charge on any atom is 0.156 e. The Morgan fingerprint density at radius 3 is 1.64 bits per heavy atom. The highest BCUT2D eigenvalue weighted by atomic mass is 16.7. The van der Waals surface area contributed by atoms with Crippen molar-refractivity contribution in [2.24, 2.45) is 0 Å². The van der Waals surface area contributed by atoms with Crippen molar-refractivity contribution in [1.29, 1.82) is 0 Å². The first-order valence-electron chi connectivity index (χ1n) is 9.18. The second-order valence-electron chi connectivity index (χ2n) is 6.03. The largest absolute Gasteiger partial charge is 0.356 e. The minimum Gasteiger partial charge on any atom is -0.356 e. The van der Waals surface area contributed by atoms with Crippen LogP contribution in [0.5, 0.6) is 0 Å². The Balaban J connectivity index is 3.08. The topological polar surface area (TPSA) is 18.5 Å². The second kappa shape index (κ2) is 18.4. The van der Waals surface area contributed by atoms with Gasteiger partial charge in [-0.1, -0.05) is 82.6 Å². The first-order chi connectivity index (χ1) is 10.8. The zero-order valence-electron chi connectivity index (χ0n) is 15.0. The van der Waals surface area contributed by atoms with E-state index in [0.29, 0.717) is 0 Å². The average molecular weight is 311 g/mol. The van der Waals surface area contributed by atoms with Crippen molar-refractivity contribution in [2.75, 3.05) is 14.2 Å². The van der Waals surface area contributed by atoms with Crippen LogP contribution in [0.25, 0.3) is 0 Å². The monoisotopic (exact) mass is 310 g/mol. The summed E-state index contributed by atoms with van der Waals surface area (Å²) in [6.07, 6.45) is 23.4. The van der Waals surface area contributed by atoms with Gasteiger partial charge in [0.2, 0.25) is 0 Å². The van der Waals surface area contributed by atoms with Crippen molar-refractivity contribution >= 4 is 0 Å². The summed E-state index contributed by atoms with van der Waals surface area (Å²) in [7, 11) is 3.43. The van der Waals surface area contributed by atoms with Gasteiger partial charge in [-0.3, -0.25) is 0 Å². The van der Waals surface area contributed by atoms with Crippen molar-refractivity contribution in [2.45, 2.75) is 89.8 Å². The van der Waals surface area contributed by atoms with Gasteiger partial charge in [-0.2, -0.15) is 0 Å². The average Bonchev–Trinajstić information content (AvgIpc) is 2.55. The summed E-state index contributed by atoms with van der Waals surface area (Å²) in [5, 5.41) is 0. The molecule has 0 saturated carbocycles. The predicted molar refractivity (Wildman–Crippen MR) is 97.2 cm³/mol. The molecule has 2 nitrogen and oxygen atoms in total. The molecule has 130 valence electrons. The van der Waals surface area contributed by atoms with E-state index >= 15 is 0 Å². The highest BCUT2D eigenvalue weighted by Gasteiger charge is 2.03. The van der Waals surface area contributed by atoms with Gasteiger partial charge in [-0.25, -0.2) is 0 Å². The Bertz CT molecular complexity index is 244. The van der Waals surface area contributed by atoms with Crippen LogP contribution in [-0.2, 0) is 9.47 Å². The Morgan fingerprint density at radius 2 is 1.18 bits per heavy atom. The molecule has 0 aromatic heterocycles. The van der Waals surface area contributed by atoms with E-state index < -0.39 is 0 Å². The second-order valence-corrected chi connectivity index (χ2v) is 6.03. The molecule has 0 rings (SSSR count). The molecule has 0 unspecified atom stereocenters. The summed E-state index contributed by atoms with van der Waals surface area (Å²) in [6.45, 7) is 3.68. The molecule has 2 heteroatoms. The Kier molecular flexibility index (Phi) is 17.9. The van der Waals surface area contributed by atoms with Gasteiger partial charge >= 0.3 is 0 Å². The molecule has 0 radical (unpaired) electrons. The van der Waals surface area contributed by atoms with E-state index in [-0.39, 0.29) is 6.29 Å². The number of methoxy groups -OCH3 is 2. The summed E-state index contributed by atoms with van der Waals surface area (Å²) >= 11 is 0. The zero-order chi connectivity index (χ0) is 16.3. The fourth-order valence-corrected chi connectivity index (χ4v) is 2.69. The van der Waals surface area contributed by atoms with Gasteiger partial charge in [-0.15, -0.1) is 0 Å². The van der Waals surface area contributed by atoms with E-state index in [1.165, 1.54) is 77.0 Å². The van der Waals surface area contributed by atoms with Gasteiger partial charge in [0.25, 0.3) is 0 Å². The molecule has 0 atom stereocenters. The van der Waals surface area contributed by atoms with E-state index in [1.807, 2.05) is 12.2 Å². The van der Waals surface area contributed by atoms with Gasteiger partial charge in [0.15, 0.2) is 6.29 Å². The van der Waals surface area contributed by atoms with E-state index in [2.05, 4.69) is 12.7 Å². The molecule has 0 N–H and O–H groups in total. The molecule has 0 saturated heterocycles. The molecule has 0 bridgehead atoms. The minimum atomic E-state index is -0.00717. The van der Waals surface area contributed by atoms with Crippen LogP contribution in [0.2, 0.25) is 0 Å². The van der Waals surface area contributed by atoms with Crippen molar-refractivity contribution in [1.82, 2.24) is 0 Å². The Hall–Kier alpha value is -0.600. The lowest BCUT2D eigenvalue weighted by atomic mass is 10.0. The number of allylic oxidation sites excluding steroid dienone is 3. The van der Waals surface area contributed by atoms with Gasteiger partial charge in [0.05, 0.1) is 0 Å². The molecule has 0 heterocycles. The summed E-state index contributed by atoms with van der Waals surface area (Å²) in [5.41, 5.74) is 0. The van der Waals surface area contributed by atoms with Crippen LogP contribution < -0.4 is 0 Å². The molecule has 22 heavy (non-hydrogen) atoms. The first-order valence-corrected chi connectivity index (χ1v) is 9.18. The third-order valence-corrected chi connectivity index (χ3v) is 4.11. The molecule has 0 aliphatic carbocycles. The lowest BCUT2D eigenvalue weighted by Crippen LogP contribution is -2.12. The molecule has 0 spiro atoms. The van der Waals surface area contributed by atoms with Crippen LogP contribution in [-0.4, -0.2) is 20.5 Å². The van der Waals surface area contributed by atoms with E-state index in [9.17, 15) is 0 Å². The molecule has 0 amide bonds. The summed E-state index contributed by atoms with van der Waals surface area (Å²) < 4.78 is 10.4. The van der Waals surface area contributed by atoms with Crippen LogP contribution in [0, 0.1) is 0 Å². The number of ether oxygens (including phenoxy) is 2. The standard InChI is InChI=1S/C20H38O2/c1-4-5-6-7-8-9-10-11-12-13-14-15-16-17-18-19-20(21-2)22-3/h4-6,20H,1,7-19H2,2-3H3/b6-5+. The lowest BCUT2D eigenvalue weighted by Gasteiger charge is -2.12. The van der Waals surface area contributed by atoms with Crippen molar-refractivity contribution in [3.63, 3.8) is 0 Å². The summed E-state index contributed by atoms with van der Waals surface area (Å²) in [5.74, 6) is 0. The third kappa shape index (κ3) is 15.8. The van der Waals surface area contributed by atoms with E-state index in [1.54, 1.807) is 14.2 Å². The minimum absolute atomic E-state index is 0.00717. The molecular formula is C20H38O2. The van der Waals surface area contributed by atoms with Gasteiger partial charge in [-0.05, 0) is 25.7 Å². The molecular weight excluding hydrogens is 272 g/mol. The first kappa shape index (κ1) is 21.4. The SMILES string of the molecule is C=C/C=C/CCCCCCCCCCCCCC(OC)OC. The van der Waals surface area contributed by atoms with E-state index in [4.69, 9.17) is 9.47 Å². The Morgan fingerprint density at radius 1 is 0.727 bits per heavy atom. The van der Waals surface area contributed by atoms with Gasteiger partial charge in [0.1, 0.15) is 0 Å². The molecule has 0 aromatic rings. The maximum atomic E-state index is 5.19. The van der Waals surface area contributed by atoms with Crippen molar-refractivity contribution < 1.29 is 9.47 Å². The van der Waals surface area contributed by atoms with Crippen LogP contribution >= 0.6 is 0 Å². The Labute approximate surface area is 139 Å². The number of rotatable bonds is 17. The molecule has 0 aliphatic rings. The predicted octanol–water partition coefficient (Wildman–Crippen LogP) is 6.42. The van der Waals surface area contributed by atoms with Gasteiger partial charge < -0.3 is 9.47 Å². The third-order valence-electron chi connectivity index (χ3n) is 4.11. The number of hydrogen-bond donors (Lipinski definition) is 0. The smallest absolute Gasteiger partial charge is 0.156 e. The van der Waals surface area contributed by atoms with Crippen molar-refractivity contribution in [3.05, 3.63) is 24.8 Å². The normalized spacial score (nSPS) is 11.6. The fourth-order valence-electron chi connectivity index (χ4n) is 2.69. The van der Waals surface area contributed by atoms with Crippen LogP contribution in [0.1, 0.15) is 83.5 Å². The van der Waals surface area contributed by atoms with Crippen LogP contribution in [0.3, 0.4) is 0 Å². The maximum absolute atomic E-state index is 5.19. The lowest BCUT2D eigenvalue weighted by molar-refractivity contribution is -0.107. The highest BCUT2D eigenvalue weighted by molar-refractivity contribution is 4.96. The molecule has 0 fully saturated rings. The van der Waals surface area contributed by atoms with E-state index in [0.717, 1.165) is 6.42 Å². The number of unbranched alkanes of at least 4 members (excludes halogenated alkanes) is 11. The molecule has 0 aliphatic heterocycles. The quantitative estimate of drug-likeness (QED) is 0.175. The summed E-state index contributed by atoms with van der Waals surface area (Å²) in [6, 6.07) is 0. The zero-order valence-corrected chi connectivity index (χ0v) is 15.0. The number of hydrogen-bond acceptors (Lipinski definition) is 2. The van der Waals surface area contributed by atoms with Crippen LogP contribution in [0.4, 0.5) is 0 Å².